The third-order valence-electron chi connectivity index (χ3n) is 10.2. The van der Waals surface area contributed by atoms with E-state index in [4.69, 9.17) is 53.8 Å². The van der Waals surface area contributed by atoms with Crippen LogP contribution in [-0.2, 0) is 19.1 Å². The average Bonchev–Trinajstić information content (AvgIpc) is 3.96. The fraction of sp³-hybridized carbons (Fsp3) is 0.289. The van der Waals surface area contributed by atoms with Crippen LogP contribution in [0, 0.1) is 57.2 Å². The zero-order valence-electron chi connectivity index (χ0n) is 32.1. The third-order valence-corrected chi connectivity index (χ3v) is 10.8. The Labute approximate surface area is 355 Å². The summed E-state index contributed by atoms with van der Waals surface area (Å²) < 4.78 is 60.6. The lowest BCUT2D eigenvalue weighted by atomic mass is 10.1. The molecule has 4 aromatic carbocycles. The number of ether oxygens (including phenoxy) is 4. The molecule has 2 saturated carbocycles. The fourth-order valence-electron chi connectivity index (χ4n) is 6.71. The summed E-state index contributed by atoms with van der Waals surface area (Å²) in [6.45, 7) is 7.17. The van der Waals surface area contributed by atoms with E-state index in [0.29, 0.717) is 34.1 Å². The number of carbonyl (C=O) groups excluding carboxylic acids is 2. The molecule has 6 atom stereocenters. The normalized spacial score (nSPS) is 20.7. The van der Waals surface area contributed by atoms with E-state index < -0.39 is 52.6 Å². The van der Waals surface area contributed by atoms with Crippen LogP contribution in [0.25, 0.3) is 0 Å². The monoisotopic (exact) mass is 864 g/mol. The molecule has 3 unspecified atom stereocenters. The van der Waals surface area contributed by atoms with Crippen LogP contribution in [0.5, 0.6) is 23.0 Å². The molecule has 0 aliphatic heterocycles. The molecule has 0 aromatic heterocycles. The van der Waals surface area contributed by atoms with Gasteiger partial charge in [0.15, 0.2) is 0 Å². The van der Waals surface area contributed by atoms with E-state index in [1.165, 1.54) is 0 Å². The quantitative estimate of drug-likeness (QED) is 0.129. The highest BCUT2D eigenvalue weighted by molar-refractivity contribution is 6.55. The molecular formula is C45H38Cl3F3N2O6. The number of rotatable bonds is 12. The maximum Gasteiger partial charge on any atom is 0.426 e. The number of carbonyl (C=O) groups is 2. The highest BCUT2D eigenvalue weighted by Crippen LogP contribution is 2.61. The van der Waals surface area contributed by atoms with Crippen LogP contribution < -0.4 is 9.47 Å². The Morgan fingerprint density at radius 1 is 0.627 bits per heavy atom. The number of para-hydroxylation sites is 2. The first kappa shape index (κ1) is 44.6. The lowest BCUT2D eigenvalue weighted by Gasteiger charge is -2.13. The van der Waals surface area contributed by atoms with E-state index in [0.717, 1.165) is 6.08 Å². The Morgan fingerprint density at radius 2 is 1.00 bits per heavy atom. The van der Waals surface area contributed by atoms with Crippen molar-refractivity contribution in [3.8, 4) is 35.1 Å². The lowest BCUT2D eigenvalue weighted by molar-refractivity contribution is -0.150. The van der Waals surface area contributed by atoms with Gasteiger partial charge in [0.05, 0.1) is 11.8 Å². The minimum atomic E-state index is -4.68. The maximum absolute atomic E-state index is 12.7. The second kappa shape index (κ2) is 18.6. The molecule has 0 bridgehead atoms. The molecule has 0 heterocycles. The van der Waals surface area contributed by atoms with Crippen LogP contribution in [0.3, 0.4) is 0 Å². The Hall–Kier alpha value is -5.46. The Balaban J connectivity index is 0.000000225. The van der Waals surface area contributed by atoms with E-state index in [9.17, 15) is 33.3 Å². The van der Waals surface area contributed by atoms with E-state index >= 15 is 0 Å². The largest absolute Gasteiger partial charge is 0.457 e. The topological polar surface area (TPSA) is 119 Å². The Bertz CT molecular complexity index is 2280. The molecule has 0 radical (unpaired) electrons. The zero-order valence-corrected chi connectivity index (χ0v) is 34.4. The molecule has 4 aromatic rings. The smallest absolute Gasteiger partial charge is 0.426 e. The number of benzene rings is 4. The van der Waals surface area contributed by atoms with Crippen molar-refractivity contribution in [1.82, 2.24) is 0 Å². The third kappa shape index (κ3) is 11.4. The molecule has 2 aliphatic rings. The number of halogens is 6. The molecule has 59 heavy (non-hydrogen) atoms. The SMILES string of the molecule is CC1(C)C(C=C(Cl)Cl)C1C(=O)OC(C#N)c1cccc(Oc2ccccc2)c1.CC1(C)[C@H](C(=O)O[C@H](C#N)c2cccc(Oc3ccccc3)c2)[C@@H]1/C=C(\Cl)C(F)(F)F. The van der Waals surface area contributed by atoms with E-state index in [-0.39, 0.29) is 21.7 Å². The summed E-state index contributed by atoms with van der Waals surface area (Å²) in [6, 6.07) is 35.7. The summed E-state index contributed by atoms with van der Waals surface area (Å²) >= 11 is 16.8. The minimum Gasteiger partial charge on any atom is -0.457 e. The standard InChI is InChI=1S/C23H19ClF3NO3.C22H19Cl2NO3/c1-22(2)17(12-19(24)23(25,26)27)20(22)21(29)31-18(13-28)14-7-6-10-16(11-14)30-15-8-4-3-5-9-15;1-22(2)17(12-19(23)24)20(22)21(26)28-18(13-25)14-7-6-10-16(11-14)27-15-8-4-3-5-9-15/h3-12,17-18,20H,1-2H3;3-12,17-18,20H,1-2H3/b19-12-;/t17-,18+,20-;/m0./s1. The second-order valence-electron chi connectivity index (χ2n) is 15.0. The van der Waals surface area contributed by atoms with Crippen molar-refractivity contribution in [2.75, 3.05) is 0 Å². The predicted octanol–water partition coefficient (Wildman–Crippen LogP) is 12.7. The van der Waals surface area contributed by atoms with Gasteiger partial charge in [-0.2, -0.15) is 23.7 Å². The molecule has 2 fully saturated rings. The van der Waals surface area contributed by atoms with Crippen LogP contribution in [0.4, 0.5) is 13.2 Å². The first-order valence-corrected chi connectivity index (χ1v) is 19.3. The number of esters is 2. The van der Waals surface area contributed by atoms with E-state index in [2.05, 4.69) is 0 Å². The number of nitriles is 2. The number of hydrogen-bond donors (Lipinski definition) is 0. The van der Waals surface area contributed by atoms with Crippen LogP contribution in [0.2, 0.25) is 0 Å². The predicted molar refractivity (Wildman–Crippen MR) is 216 cm³/mol. The molecule has 306 valence electrons. The molecule has 0 spiro atoms. The van der Waals surface area contributed by atoms with Crippen LogP contribution in [-0.4, -0.2) is 18.1 Å². The molecule has 0 amide bonds. The lowest BCUT2D eigenvalue weighted by Crippen LogP contribution is -2.14. The van der Waals surface area contributed by atoms with Crippen molar-refractivity contribution >= 4 is 46.7 Å². The highest BCUT2D eigenvalue weighted by atomic mass is 35.5. The molecular weight excluding hydrogens is 828 g/mol. The minimum absolute atomic E-state index is 0.114. The summed E-state index contributed by atoms with van der Waals surface area (Å²) in [5.74, 6) is -0.980. The average molecular weight is 866 g/mol. The number of hydrogen-bond acceptors (Lipinski definition) is 8. The van der Waals surface area contributed by atoms with Gasteiger partial charge in [0.25, 0.3) is 0 Å². The van der Waals surface area contributed by atoms with Crippen molar-refractivity contribution < 1.29 is 41.7 Å². The molecule has 6 rings (SSSR count). The van der Waals surface area contributed by atoms with Crippen molar-refractivity contribution in [3.05, 3.63) is 142 Å². The first-order valence-electron chi connectivity index (χ1n) is 18.2. The van der Waals surface area contributed by atoms with Crippen molar-refractivity contribution in [2.45, 2.75) is 46.1 Å². The van der Waals surface area contributed by atoms with Gasteiger partial charge in [-0.3, -0.25) is 9.59 Å². The van der Waals surface area contributed by atoms with Gasteiger partial charge in [-0.15, -0.1) is 0 Å². The number of nitrogens with zero attached hydrogens (tertiary/aromatic N) is 2. The van der Waals surface area contributed by atoms with Gasteiger partial charge in [0.1, 0.15) is 44.7 Å². The fourth-order valence-corrected chi connectivity index (χ4v) is 7.12. The van der Waals surface area contributed by atoms with Gasteiger partial charge < -0.3 is 18.9 Å². The number of allylic oxidation sites excluding steroid dienone is 3. The number of alkyl halides is 3. The van der Waals surface area contributed by atoms with Crippen molar-refractivity contribution in [1.29, 1.82) is 10.5 Å². The molecule has 8 nitrogen and oxygen atoms in total. The molecule has 0 N–H and O–H groups in total. The Morgan fingerprint density at radius 3 is 1.36 bits per heavy atom. The van der Waals surface area contributed by atoms with Crippen molar-refractivity contribution in [2.24, 2.45) is 34.5 Å². The highest BCUT2D eigenvalue weighted by Gasteiger charge is 2.63. The van der Waals surface area contributed by atoms with Crippen LogP contribution in [0.15, 0.2) is 131 Å². The first-order chi connectivity index (χ1) is 27.9. The second-order valence-corrected chi connectivity index (χ2v) is 16.4. The maximum atomic E-state index is 12.7. The van der Waals surface area contributed by atoms with Crippen LogP contribution in [0.1, 0.15) is 51.0 Å². The van der Waals surface area contributed by atoms with Gasteiger partial charge in [-0.25, -0.2) is 0 Å². The molecule has 14 heteroatoms. The van der Waals surface area contributed by atoms with Gasteiger partial charge in [0, 0.05) is 11.1 Å². The summed E-state index contributed by atoms with van der Waals surface area (Å²) in [7, 11) is 0. The summed E-state index contributed by atoms with van der Waals surface area (Å²) in [5.41, 5.74) is -0.140. The van der Waals surface area contributed by atoms with Gasteiger partial charge >= 0.3 is 18.1 Å². The zero-order chi connectivity index (χ0) is 43.1. The summed E-state index contributed by atoms with van der Waals surface area (Å²) in [6.07, 6.45) is -4.46. The molecule has 2 aliphatic carbocycles. The Kier molecular flexibility index (Phi) is 14.1. The van der Waals surface area contributed by atoms with E-state index in [1.807, 2.05) is 74.5 Å². The summed E-state index contributed by atoms with van der Waals surface area (Å²) in [5, 5.41) is 17.8. The summed E-state index contributed by atoms with van der Waals surface area (Å²) in [4.78, 5) is 25.2. The van der Waals surface area contributed by atoms with Gasteiger partial charge in [-0.05, 0) is 77.3 Å². The van der Waals surface area contributed by atoms with E-state index in [1.54, 1.807) is 80.6 Å². The van der Waals surface area contributed by atoms with Crippen LogP contribution >= 0.6 is 34.8 Å². The van der Waals surface area contributed by atoms with Crippen molar-refractivity contribution in [3.63, 3.8) is 0 Å². The van der Waals surface area contributed by atoms with Gasteiger partial charge in [0.2, 0.25) is 12.2 Å². The molecule has 0 saturated heterocycles. The van der Waals surface area contributed by atoms with Gasteiger partial charge in [-0.1, -0.05) is 129 Å².